The van der Waals surface area contributed by atoms with Crippen molar-refractivity contribution in [1.82, 2.24) is 4.98 Å². The van der Waals surface area contributed by atoms with Crippen LogP contribution >= 0.6 is 0 Å². The second kappa shape index (κ2) is 7.88. The molecule has 1 aliphatic rings. The minimum absolute atomic E-state index is 0.182. The molecule has 1 unspecified atom stereocenters. The summed E-state index contributed by atoms with van der Waals surface area (Å²) < 4.78 is 0. The van der Waals surface area contributed by atoms with Crippen molar-refractivity contribution in [3.05, 3.63) is 65.3 Å². The third-order valence-corrected chi connectivity index (χ3v) is 8.43. The van der Waals surface area contributed by atoms with Gasteiger partial charge in [0.15, 0.2) is 0 Å². The second-order valence-electron chi connectivity index (χ2n) is 8.99. The van der Waals surface area contributed by atoms with Crippen LogP contribution in [0.3, 0.4) is 0 Å². The average Bonchev–Trinajstić information content (AvgIpc) is 2.70. The summed E-state index contributed by atoms with van der Waals surface area (Å²) >= 11 is 0. The number of fused-ring (bicyclic) bond motifs is 1. The van der Waals surface area contributed by atoms with Gasteiger partial charge in [0, 0.05) is 11.1 Å². The highest BCUT2D eigenvalue weighted by atomic mass is 28.3. The van der Waals surface area contributed by atoms with E-state index in [0.717, 1.165) is 11.1 Å². The van der Waals surface area contributed by atoms with Crippen LogP contribution in [0.25, 0.3) is 5.57 Å². The standard InChI is InChI=1S/C17H27NSi.C6H10/c1-12-13(2)16(15-11-9-8-10-14(12)15)19(6,7)18-17(3,4)5;1-5(2)6(3)4/h8-11,16,18H,1-7H3;1,3H2,2,4H3. The summed E-state index contributed by atoms with van der Waals surface area (Å²) in [4.78, 5) is 3.93. The van der Waals surface area contributed by atoms with Gasteiger partial charge in [-0.25, -0.2) is 0 Å². The van der Waals surface area contributed by atoms with Crippen LogP contribution in [0.2, 0.25) is 13.1 Å². The molecule has 1 aromatic carbocycles. The molecule has 2 heteroatoms. The van der Waals surface area contributed by atoms with E-state index in [1.54, 1.807) is 5.57 Å². The molecule has 0 bridgehead atoms. The molecule has 0 heterocycles. The summed E-state index contributed by atoms with van der Waals surface area (Å²) in [6.45, 7) is 27.5. The lowest BCUT2D eigenvalue weighted by atomic mass is 10.1. The van der Waals surface area contributed by atoms with Crippen molar-refractivity contribution >= 4 is 13.8 Å². The molecule has 2 rings (SSSR count). The molecule has 0 amide bonds. The molecule has 0 spiro atoms. The first-order valence-corrected chi connectivity index (χ1v) is 12.2. The van der Waals surface area contributed by atoms with Gasteiger partial charge in [-0.15, -0.1) is 0 Å². The van der Waals surface area contributed by atoms with E-state index in [4.69, 9.17) is 0 Å². The zero-order valence-electron chi connectivity index (χ0n) is 17.8. The molecule has 0 saturated heterocycles. The number of rotatable bonds is 3. The summed E-state index contributed by atoms with van der Waals surface area (Å²) in [7, 11) is -1.57. The van der Waals surface area contributed by atoms with E-state index in [1.165, 1.54) is 16.7 Å². The molecule has 0 aliphatic heterocycles. The fourth-order valence-corrected chi connectivity index (χ4v) is 8.13. The average molecular weight is 356 g/mol. The van der Waals surface area contributed by atoms with Gasteiger partial charge in [0.05, 0.1) is 0 Å². The van der Waals surface area contributed by atoms with Gasteiger partial charge in [-0.05, 0) is 65.2 Å². The molecule has 0 saturated carbocycles. The highest BCUT2D eigenvalue weighted by molar-refractivity contribution is 6.77. The van der Waals surface area contributed by atoms with E-state index >= 15 is 0 Å². The SMILES string of the molecule is C=C(C)C(=C)C.CC1=C(C)C([Si](C)(C)NC(C)(C)C)c2ccccc21. The van der Waals surface area contributed by atoms with Gasteiger partial charge in [0.2, 0.25) is 0 Å². The van der Waals surface area contributed by atoms with E-state index in [2.05, 4.69) is 90.1 Å². The molecule has 1 aliphatic carbocycles. The van der Waals surface area contributed by atoms with E-state index in [1.807, 2.05) is 13.8 Å². The molecule has 138 valence electrons. The molecule has 25 heavy (non-hydrogen) atoms. The summed E-state index contributed by atoms with van der Waals surface area (Å²) in [5.74, 6) is 0. The van der Waals surface area contributed by atoms with Crippen LogP contribution in [-0.2, 0) is 0 Å². The zero-order chi connectivity index (χ0) is 19.6. The minimum atomic E-state index is -1.57. The Kier molecular flexibility index (Phi) is 6.83. The van der Waals surface area contributed by atoms with Gasteiger partial charge in [0.25, 0.3) is 0 Å². The summed E-state index contributed by atoms with van der Waals surface area (Å²) in [5, 5.41) is 0. The Balaban J connectivity index is 0.000000450. The molecule has 0 radical (unpaired) electrons. The van der Waals surface area contributed by atoms with E-state index in [9.17, 15) is 0 Å². The zero-order valence-corrected chi connectivity index (χ0v) is 18.8. The highest BCUT2D eigenvalue weighted by Gasteiger charge is 2.41. The van der Waals surface area contributed by atoms with Crippen molar-refractivity contribution in [2.45, 2.75) is 72.6 Å². The normalized spacial score (nSPS) is 16.9. The lowest BCUT2D eigenvalue weighted by molar-refractivity contribution is 0.508. The number of allylic oxidation sites excluding steroid dienone is 4. The predicted octanol–water partition coefficient (Wildman–Crippen LogP) is 6.85. The Bertz CT molecular complexity index is 674. The van der Waals surface area contributed by atoms with Crippen molar-refractivity contribution in [2.24, 2.45) is 0 Å². The van der Waals surface area contributed by atoms with E-state index in [-0.39, 0.29) is 5.54 Å². The first-order chi connectivity index (χ1) is 11.3. The third-order valence-electron chi connectivity index (χ3n) is 4.85. The first-order valence-electron chi connectivity index (χ1n) is 9.15. The maximum absolute atomic E-state index is 3.93. The Hall–Kier alpha value is -1.38. The highest BCUT2D eigenvalue weighted by Crippen LogP contribution is 2.45. The lowest BCUT2D eigenvalue weighted by Gasteiger charge is -2.39. The van der Waals surface area contributed by atoms with Crippen LogP contribution in [0.5, 0.6) is 0 Å². The monoisotopic (exact) mass is 355 g/mol. The van der Waals surface area contributed by atoms with E-state index < -0.39 is 8.24 Å². The van der Waals surface area contributed by atoms with Crippen LogP contribution in [0.1, 0.15) is 65.1 Å². The molecule has 1 N–H and O–H groups in total. The molecular weight excluding hydrogens is 318 g/mol. The molecule has 0 fully saturated rings. The summed E-state index contributed by atoms with van der Waals surface area (Å²) in [6, 6.07) is 8.93. The molecule has 1 atom stereocenters. The minimum Gasteiger partial charge on any atom is -0.332 e. The van der Waals surface area contributed by atoms with Crippen molar-refractivity contribution in [3.8, 4) is 0 Å². The summed E-state index contributed by atoms with van der Waals surface area (Å²) in [5.41, 5.74) is 8.95. The second-order valence-corrected chi connectivity index (χ2v) is 13.3. The summed E-state index contributed by atoms with van der Waals surface area (Å²) in [6.07, 6.45) is 0. The van der Waals surface area contributed by atoms with Crippen LogP contribution < -0.4 is 4.98 Å². The van der Waals surface area contributed by atoms with Gasteiger partial charge in [0.1, 0.15) is 8.24 Å². The van der Waals surface area contributed by atoms with Crippen molar-refractivity contribution in [1.29, 1.82) is 0 Å². The van der Waals surface area contributed by atoms with Gasteiger partial charge in [-0.1, -0.05) is 67.2 Å². The van der Waals surface area contributed by atoms with Crippen molar-refractivity contribution in [2.75, 3.05) is 0 Å². The van der Waals surface area contributed by atoms with Crippen LogP contribution in [0, 0.1) is 0 Å². The number of hydrogen-bond acceptors (Lipinski definition) is 1. The van der Waals surface area contributed by atoms with Crippen molar-refractivity contribution in [3.63, 3.8) is 0 Å². The quantitative estimate of drug-likeness (QED) is 0.462. The maximum Gasteiger partial charge on any atom is 0.131 e. The van der Waals surface area contributed by atoms with Gasteiger partial charge >= 0.3 is 0 Å². The van der Waals surface area contributed by atoms with Crippen LogP contribution in [-0.4, -0.2) is 13.8 Å². The van der Waals surface area contributed by atoms with Crippen LogP contribution in [0.15, 0.2) is 54.1 Å². The van der Waals surface area contributed by atoms with E-state index in [0.29, 0.717) is 5.54 Å². The van der Waals surface area contributed by atoms with Crippen LogP contribution in [0.4, 0.5) is 0 Å². The molecule has 1 nitrogen and oxygen atoms in total. The third kappa shape index (κ3) is 5.55. The smallest absolute Gasteiger partial charge is 0.131 e. The topological polar surface area (TPSA) is 12.0 Å². The predicted molar refractivity (Wildman–Crippen MR) is 117 cm³/mol. The number of nitrogens with one attached hydrogen (secondary N) is 1. The largest absolute Gasteiger partial charge is 0.332 e. The lowest BCUT2D eigenvalue weighted by Crippen LogP contribution is -2.58. The Morgan fingerprint density at radius 1 is 1.00 bits per heavy atom. The first kappa shape index (κ1) is 21.7. The molecule has 1 aromatic rings. The Morgan fingerprint density at radius 2 is 1.48 bits per heavy atom. The molecular formula is C23H37NSi. The van der Waals surface area contributed by atoms with Crippen molar-refractivity contribution < 1.29 is 0 Å². The maximum atomic E-state index is 3.93. The fraction of sp³-hybridized carbons (Fsp3) is 0.478. The van der Waals surface area contributed by atoms with Gasteiger partial charge in [-0.2, -0.15) is 0 Å². The van der Waals surface area contributed by atoms with Gasteiger partial charge < -0.3 is 4.98 Å². The Labute approximate surface area is 157 Å². The Morgan fingerprint density at radius 3 is 1.92 bits per heavy atom. The number of benzene rings is 1. The fourth-order valence-electron chi connectivity index (χ4n) is 3.72. The van der Waals surface area contributed by atoms with Gasteiger partial charge in [-0.3, -0.25) is 0 Å². The number of hydrogen-bond donors (Lipinski definition) is 1. The molecule has 0 aromatic heterocycles.